The lowest BCUT2D eigenvalue weighted by Crippen LogP contribution is -2.74. The lowest BCUT2D eigenvalue weighted by atomic mass is 9.96. The summed E-state index contributed by atoms with van der Waals surface area (Å²) in [4.78, 5) is 0. The van der Waals surface area contributed by atoms with Crippen molar-refractivity contribution in [2.75, 3.05) is 0 Å². The van der Waals surface area contributed by atoms with Crippen LogP contribution in [0.2, 0.25) is 0 Å². The molecule has 2 aromatic heterocycles. The van der Waals surface area contributed by atoms with Gasteiger partial charge in [0.05, 0.1) is 0 Å². The standard InChI is InChI=1S/C48H32O2Si/c1-4-16-35(17-5-1)51(36-18-6-2-7-19-36,37-20-8-3-9-21-37)38-31-33(39-24-14-26-43-41-22-10-12-28-45(41)49-47(39)43)30-34(32-38)40-25-15-27-44-42-23-11-13-29-46(42)50-48(40)44/h1-32H. The fourth-order valence-electron chi connectivity index (χ4n) is 8.17. The highest BCUT2D eigenvalue weighted by atomic mass is 28.3. The molecule has 240 valence electrons. The van der Waals surface area contributed by atoms with Gasteiger partial charge < -0.3 is 8.83 Å². The number of fused-ring (bicyclic) bond motifs is 6. The highest BCUT2D eigenvalue weighted by Gasteiger charge is 2.42. The van der Waals surface area contributed by atoms with Gasteiger partial charge in [-0.15, -0.1) is 0 Å². The van der Waals surface area contributed by atoms with Crippen LogP contribution in [0.15, 0.2) is 203 Å². The van der Waals surface area contributed by atoms with Gasteiger partial charge in [-0.25, -0.2) is 0 Å². The molecule has 0 radical (unpaired) electrons. The van der Waals surface area contributed by atoms with E-state index in [9.17, 15) is 0 Å². The fraction of sp³-hybridized carbons (Fsp3) is 0. The van der Waals surface area contributed by atoms with Gasteiger partial charge in [0.1, 0.15) is 22.3 Å². The molecule has 0 spiro atoms. The highest BCUT2D eigenvalue weighted by molar-refractivity contribution is 7.20. The molecule has 0 N–H and O–H groups in total. The van der Waals surface area contributed by atoms with E-state index in [1.165, 1.54) is 20.7 Å². The number of para-hydroxylation sites is 4. The summed E-state index contributed by atoms with van der Waals surface area (Å²) in [5.41, 5.74) is 7.95. The molecule has 51 heavy (non-hydrogen) atoms. The maximum Gasteiger partial charge on any atom is 0.179 e. The molecule has 10 aromatic rings. The van der Waals surface area contributed by atoms with E-state index in [0.717, 1.165) is 66.1 Å². The molecule has 0 saturated heterocycles. The van der Waals surface area contributed by atoms with E-state index < -0.39 is 8.07 Å². The Kier molecular flexibility index (Phi) is 6.86. The maximum absolute atomic E-state index is 6.67. The first-order chi connectivity index (χ1) is 25.3. The normalized spacial score (nSPS) is 11.9. The van der Waals surface area contributed by atoms with Crippen molar-refractivity contribution in [2.45, 2.75) is 0 Å². The van der Waals surface area contributed by atoms with Crippen molar-refractivity contribution in [2.24, 2.45) is 0 Å². The van der Waals surface area contributed by atoms with Crippen molar-refractivity contribution in [3.8, 4) is 22.3 Å². The Morgan fingerprint density at radius 1 is 0.294 bits per heavy atom. The first-order valence-electron chi connectivity index (χ1n) is 17.4. The second kappa shape index (κ2) is 11.9. The molecule has 0 amide bonds. The van der Waals surface area contributed by atoms with Crippen LogP contribution in [0.25, 0.3) is 66.1 Å². The van der Waals surface area contributed by atoms with Gasteiger partial charge in [-0.1, -0.05) is 176 Å². The van der Waals surface area contributed by atoms with Crippen molar-refractivity contribution in [3.63, 3.8) is 0 Å². The summed E-state index contributed by atoms with van der Waals surface area (Å²) < 4.78 is 13.3. The molecule has 8 aromatic carbocycles. The Morgan fingerprint density at radius 2 is 0.667 bits per heavy atom. The average molecular weight is 669 g/mol. The van der Waals surface area contributed by atoms with Crippen molar-refractivity contribution in [3.05, 3.63) is 194 Å². The second-order valence-electron chi connectivity index (χ2n) is 13.2. The van der Waals surface area contributed by atoms with Gasteiger partial charge in [-0.3, -0.25) is 0 Å². The predicted molar refractivity (Wildman–Crippen MR) is 215 cm³/mol. The minimum Gasteiger partial charge on any atom is -0.455 e. The molecule has 2 heterocycles. The number of hydrogen-bond acceptors (Lipinski definition) is 2. The third-order valence-electron chi connectivity index (χ3n) is 10.4. The SMILES string of the molecule is c1ccc([Si](c2ccccc2)(c2ccccc2)c2cc(-c3cccc4c3oc3ccccc34)cc(-c3cccc4c3oc3ccccc34)c2)cc1. The van der Waals surface area contributed by atoms with Crippen LogP contribution >= 0.6 is 0 Å². The summed E-state index contributed by atoms with van der Waals surface area (Å²) in [6, 6.07) is 70.2. The molecule has 10 rings (SSSR count). The van der Waals surface area contributed by atoms with E-state index in [1.54, 1.807) is 0 Å². The molecule has 0 atom stereocenters. The quantitative estimate of drug-likeness (QED) is 0.130. The third-order valence-corrected chi connectivity index (χ3v) is 15.2. The van der Waals surface area contributed by atoms with Gasteiger partial charge in [0.2, 0.25) is 0 Å². The molecule has 0 unspecified atom stereocenters. The molecule has 0 fully saturated rings. The van der Waals surface area contributed by atoms with Crippen molar-refractivity contribution in [1.82, 2.24) is 0 Å². The number of benzene rings is 8. The Balaban J connectivity index is 1.35. The summed E-state index contributed by atoms with van der Waals surface area (Å²) in [5.74, 6) is 0. The third kappa shape index (κ3) is 4.63. The van der Waals surface area contributed by atoms with Gasteiger partial charge in [0.15, 0.2) is 8.07 Å². The van der Waals surface area contributed by atoms with Crippen molar-refractivity contribution < 1.29 is 8.83 Å². The van der Waals surface area contributed by atoms with Crippen LogP contribution in [0.1, 0.15) is 0 Å². The lowest BCUT2D eigenvalue weighted by molar-refractivity contribution is 0.670. The summed E-state index contributed by atoms with van der Waals surface area (Å²) >= 11 is 0. The first kappa shape index (κ1) is 29.5. The second-order valence-corrected chi connectivity index (χ2v) is 17.0. The van der Waals surface area contributed by atoms with Gasteiger partial charge in [-0.2, -0.15) is 0 Å². The molecule has 0 aliphatic carbocycles. The molecule has 0 aliphatic heterocycles. The highest BCUT2D eigenvalue weighted by Crippen LogP contribution is 2.39. The Hall–Kier alpha value is -6.42. The van der Waals surface area contributed by atoms with E-state index in [0.29, 0.717) is 0 Å². The molecule has 0 bridgehead atoms. The smallest absolute Gasteiger partial charge is 0.179 e. The monoisotopic (exact) mass is 668 g/mol. The zero-order valence-electron chi connectivity index (χ0n) is 27.8. The van der Waals surface area contributed by atoms with E-state index >= 15 is 0 Å². The molecule has 0 saturated carbocycles. The fourth-order valence-corrected chi connectivity index (χ4v) is 13.0. The number of furan rings is 2. The van der Waals surface area contributed by atoms with Crippen LogP contribution in [-0.4, -0.2) is 8.07 Å². The van der Waals surface area contributed by atoms with Gasteiger partial charge >= 0.3 is 0 Å². The van der Waals surface area contributed by atoms with Gasteiger partial charge in [0.25, 0.3) is 0 Å². The number of hydrogen-bond donors (Lipinski definition) is 0. The zero-order chi connectivity index (χ0) is 33.8. The van der Waals surface area contributed by atoms with Crippen LogP contribution < -0.4 is 20.7 Å². The Bertz CT molecular complexity index is 2620. The van der Waals surface area contributed by atoms with Gasteiger partial charge in [0, 0.05) is 32.7 Å². The minimum atomic E-state index is -2.89. The van der Waals surface area contributed by atoms with Crippen LogP contribution in [0, 0.1) is 0 Å². The van der Waals surface area contributed by atoms with Crippen molar-refractivity contribution in [1.29, 1.82) is 0 Å². The minimum absolute atomic E-state index is 0.893. The zero-order valence-corrected chi connectivity index (χ0v) is 28.8. The van der Waals surface area contributed by atoms with Crippen LogP contribution in [-0.2, 0) is 0 Å². The van der Waals surface area contributed by atoms with E-state index in [-0.39, 0.29) is 0 Å². The summed E-state index contributed by atoms with van der Waals surface area (Å²) in [6.45, 7) is 0. The summed E-state index contributed by atoms with van der Waals surface area (Å²) in [5, 5.41) is 9.76. The topological polar surface area (TPSA) is 26.3 Å². The first-order valence-corrected chi connectivity index (χ1v) is 19.4. The number of rotatable bonds is 6. The molecular weight excluding hydrogens is 637 g/mol. The van der Waals surface area contributed by atoms with Crippen molar-refractivity contribution >= 4 is 72.7 Å². The summed E-state index contributed by atoms with van der Waals surface area (Å²) in [6.07, 6.45) is 0. The maximum atomic E-state index is 6.67. The van der Waals surface area contributed by atoms with E-state index in [2.05, 4.69) is 182 Å². The van der Waals surface area contributed by atoms with E-state index in [4.69, 9.17) is 8.83 Å². The predicted octanol–water partition coefficient (Wildman–Crippen LogP) is 10.2. The van der Waals surface area contributed by atoms with Gasteiger partial charge in [-0.05, 0) is 50.1 Å². The molecule has 3 heteroatoms. The van der Waals surface area contributed by atoms with E-state index in [1.807, 2.05) is 12.1 Å². The lowest BCUT2D eigenvalue weighted by Gasteiger charge is -2.35. The van der Waals surface area contributed by atoms with Crippen LogP contribution in [0.5, 0.6) is 0 Å². The van der Waals surface area contributed by atoms with Crippen LogP contribution in [0.4, 0.5) is 0 Å². The Morgan fingerprint density at radius 3 is 1.10 bits per heavy atom. The molecule has 0 aliphatic rings. The summed E-state index contributed by atoms with van der Waals surface area (Å²) in [7, 11) is -2.89. The average Bonchev–Trinajstić information content (AvgIpc) is 3.78. The largest absolute Gasteiger partial charge is 0.455 e. The molecule has 2 nitrogen and oxygen atoms in total. The molecular formula is C48H32O2Si. The van der Waals surface area contributed by atoms with Crippen LogP contribution in [0.3, 0.4) is 0 Å². The Labute approximate surface area is 296 Å².